The molecule has 0 aliphatic rings. The van der Waals surface area contributed by atoms with Crippen molar-refractivity contribution in [3.63, 3.8) is 0 Å². The van der Waals surface area contributed by atoms with E-state index in [1.54, 1.807) is 0 Å². The Morgan fingerprint density at radius 1 is 1.03 bits per heavy atom. The second kappa shape index (κ2) is 14.7. The molecule has 0 aliphatic heterocycles. The smallest absolute Gasteiger partial charge is 0.408 e. The maximum absolute atomic E-state index is 12.2. The van der Waals surface area contributed by atoms with Crippen LogP contribution in [0, 0.1) is 3.57 Å². The summed E-state index contributed by atoms with van der Waals surface area (Å²) >= 11 is 2.21. The van der Waals surface area contributed by atoms with Crippen LogP contribution in [0.25, 0.3) is 0 Å². The molecule has 9 nitrogen and oxygen atoms in total. The van der Waals surface area contributed by atoms with Gasteiger partial charge in [-0.2, -0.15) is 0 Å². The lowest BCUT2D eigenvalue weighted by Gasteiger charge is -2.18. The van der Waals surface area contributed by atoms with Gasteiger partial charge in [0.2, 0.25) is 0 Å². The predicted octanol–water partition coefficient (Wildman–Crippen LogP) is 2.44. The lowest BCUT2D eigenvalue weighted by Crippen LogP contribution is -2.44. The number of halogens is 1. The van der Waals surface area contributed by atoms with Crippen LogP contribution < -0.4 is 5.32 Å². The van der Waals surface area contributed by atoms with Gasteiger partial charge in [-0.3, -0.25) is 9.59 Å². The van der Waals surface area contributed by atoms with Gasteiger partial charge in [-0.15, -0.1) is 0 Å². The van der Waals surface area contributed by atoms with E-state index >= 15 is 0 Å². The molecule has 0 bridgehead atoms. The first-order chi connectivity index (χ1) is 15.1. The molecule has 32 heavy (non-hydrogen) atoms. The molecule has 0 heterocycles. The number of aliphatic carboxylic acids is 1. The van der Waals surface area contributed by atoms with Crippen LogP contribution in [0.2, 0.25) is 0 Å². The van der Waals surface area contributed by atoms with Gasteiger partial charge in [-0.1, -0.05) is 12.1 Å². The third-order valence-electron chi connectivity index (χ3n) is 4.66. The summed E-state index contributed by atoms with van der Waals surface area (Å²) in [6.07, 6.45) is -1.19. The summed E-state index contributed by atoms with van der Waals surface area (Å²) < 4.78 is 6.09. The SMILES string of the molecule is CC(=O)CC[C@H](NC(=O)O[C@@H](CCC(=O)CCCc1ccc([123I])cc1)C(=O)CO)C(=O)O. The lowest BCUT2D eigenvalue weighted by molar-refractivity contribution is -0.139. The molecule has 1 aromatic carbocycles. The van der Waals surface area contributed by atoms with E-state index in [1.807, 2.05) is 24.3 Å². The predicted molar refractivity (Wildman–Crippen MR) is 123 cm³/mol. The van der Waals surface area contributed by atoms with Crippen LogP contribution in [-0.4, -0.2) is 58.4 Å². The lowest BCUT2D eigenvalue weighted by atomic mass is 10.0. The summed E-state index contributed by atoms with van der Waals surface area (Å²) in [5.41, 5.74) is 1.12. The molecule has 0 saturated carbocycles. The normalized spacial score (nSPS) is 12.5. The number of alkyl carbamates (subject to hydrolysis) is 1. The van der Waals surface area contributed by atoms with Gasteiger partial charge < -0.3 is 25.1 Å². The molecule has 3 N–H and O–H groups in total. The molecule has 1 amide bonds. The second-order valence-electron chi connectivity index (χ2n) is 7.35. The van der Waals surface area contributed by atoms with Crippen molar-refractivity contribution in [2.24, 2.45) is 0 Å². The number of carbonyl (C=O) groups excluding carboxylic acids is 4. The van der Waals surface area contributed by atoms with E-state index in [2.05, 4.69) is 27.9 Å². The Morgan fingerprint density at radius 2 is 1.69 bits per heavy atom. The first-order valence-corrected chi connectivity index (χ1v) is 11.3. The molecule has 0 aliphatic carbocycles. The molecule has 0 radical (unpaired) electrons. The van der Waals surface area contributed by atoms with Crippen molar-refractivity contribution in [3.05, 3.63) is 33.4 Å². The highest BCUT2D eigenvalue weighted by atomic mass is 123. The number of ketones is 3. The molecular formula is C22H28INO8. The first kappa shape index (κ1) is 27.7. The summed E-state index contributed by atoms with van der Waals surface area (Å²) in [7, 11) is 0. The Bertz CT molecular complexity index is 809. The van der Waals surface area contributed by atoms with Crippen molar-refractivity contribution >= 4 is 52.0 Å². The van der Waals surface area contributed by atoms with Crippen molar-refractivity contribution in [3.8, 4) is 0 Å². The van der Waals surface area contributed by atoms with Crippen molar-refractivity contribution in [1.82, 2.24) is 5.32 Å². The van der Waals surface area contributed by atoms with Crippen molar-refractivity contribution in [2.75, 3.05) is 6.61 Å². The molecular weight excluding hydrogens is 529 g/mol. The molecule has 0 aromatic heterocycles. The molecule has 1 rings (SSSR count). The van der Waals surface area contributed by atoms with Gasteiger partial charge in [-0.05, 0) is 72.9 Å². The van der Waals surface area contributed by atoms with Gasteiger partial charge in [0.25, 0.3) is 0 Å². The Hall–Kier alpha value is -2.34. The number of rotatable bonds is 15. The highest BCUT2D eigenvalue weighted by molar-refractivity contribution is 14.1. The third kappa shape index (κ3) is 11.3. The van der Waals surface area contributed by atoms with Gasteiger partial charge in [0, 0.05) is 22.8 Å². The Kier molecular flexibility index (Phi) is 12.7. The third-order valence-corrected chi connectivity index (χ3v) is 5.38. The van der Waals surface area contributed by atoms with Crippen LogP contribution in [0.3, 0.4) is 0 Å². The number of benzene rings is 1. The summed E-state index contributed by atoms with van der Waals surface area (Å²) in [5, 5.41) is 20.3. The van der Waals surface area contributed by atoms with E-state index in [0.29, 0.717) is 12.8 Å². The van der Waals surface area contributed by atoms with Crippen LogP contribution in [0.5, 0.6) is 0 Å². The summed E-state index contributed by atoms with van der Waals surface area (Å²) in [6.45, 7) is 0.413. The van der Waals surface area contributed by atoms with E-state index in [4.69, 9.17) is 14.9 Å². The van der Waals surface area contributed by atoms with Crippen LogP contribution in [0.1, 0.15) is 51.0 Å². The number of amides is 1. The maximum atomic E-state index is 12.2. The van der Waals surface area contributed by atoms with E-state index in [0.717, 1.165) is 15.6 Å². The van der Waals surface area contributed by atoms with Crippen molar-refractivity contribution < 1.29 is 38.9 Å². The minimum Gasteiger partial charge on any atom is -0.480 e. The summed E-state index contributed by atoms with van der Waals surface area (Å²) in [4.78, 5) is 58.4. The number of Topliss-reactive ketones (excluding diaryl/α,β-unsaturated/α-hetero) is 3. The fourth-order valence-corrected chi connectivity index (χ4v) is 3.22. The number of hydrogen-bond donors (Lipinski definition) is 3. The van der Waals surface area contributed by atoms with Crippen molar-refractivity contribution in [1.29, 1.82) is 0 Å². The molecule has 0 fully saturated rings. The van der Waals surface area contributed by atoms with Crippen LogP contribution in [0.15, 0.2) is 24.3 Å². The number of aliphatic hydroxyl groups excluding tert-OH is 1. The Labute approximate surface area is 200 Å². The first-order valence-electron chi connectivity index (χ1n) is 10.2. The molecule has 0 spiro atoms. The van der Waals surface area contributed by atoms with E-state index in [-0.39, 0.29) is 37.2 Å². The van der Waals surface area contributed by atoms with Crippen molar-refractivity contribution in [2.45, 2.75) is 64.0 Å². The topological polar surface area (TPSA) is 147 Å². The average molecular weight is 557 g/mol. The number of nitrogens with one attached hydrogen (secondary N) is 1. The zero-order chi connectivity index (χ0) is 24.1. The monoisotopic (exact) mass is 557 g/mol. The number of aryl methyl sites for hydroxylation is 1. The van der Waals surface area contributed by atoms with Gasteiger partial charge in [0.05, 0.1) is 0 Å². The maximum Gasteiger partial charge on any atom is 0.408 e. The van der Waals surface area contributed by atoms with Crippen LogP contribution in [-0.2, 0) is 30.3 Å². The summed E-state index contributed by atoms with van der Waals surface area (Å²) in [6, 6.07) is 6.60. The zero-order valence-electron chi connectivity index (χ0n) is 17.8. The molecule has 1 aromatic rings. The average Bonchev–Trinajstić information content (AvgIpc) is 2.74. The fourth-order valence-electron chi connectivity index (χ4n) is 2.86. The number of carboxylic acids is 1. The molecule has 2 atom stereocenters. The highest BCUT2D eigenvalue weighted by Crippen LogP contribution is 2.12. The summed E-state index contributed by atoms with van der Waals surface area (Å²) in [5.74, 6) is -2.49. The minimum atomic E-state index is -1.37. The van der Waals surface area contributed by atoms with Crippen LogP contribution >= 0.6 is 22.6 Å². The second-order valence-corrected chi connectivity index (χ2v) is 8.60. The zero-order valence-corrected chi connectivity index (χ0v) is 20.0. The number of aliphatic hydroxyl groups is 1. The van der Waals surface area contributed by atoms with Gasteiger partial charge in [0.1, 0.15) is 24.2 Å². The van der Waals surface area contributed by atoms with E-state index in [1.165, 1.54) is 6.92 Å². The quantitative estimate of drug-likeness (QED) is 0.279. The van der Waals surface area contributed by atoms with Gasteiger partial charge in [0.15, 0.2) is 11.9 Å². The molecule has 0 saturated heterocycles. The van der Waals surface area contributed by atoms with E-state index in [9.17, 15) is 24.0 Å². The van der Waals surface area contributed by atoms with E-state index < -0.39 is 36.6 Å². The largest absolute Gasteiger partial charge is 0.480 e. The molecule has 176 valence electrons. The Morgan fingerprint density at radius 3 is 2.25 bits per heavy atom. The number of carboxylic acid groups (broad SMARTS) is 1. The highest BCUT2D eigenvalue weighted by Gasteiger charge is 2.26. The van der Waals surface area contributed by atoms with Crippen LogP contribution in [0.4, 0.5) is 4.79 Å². The molecule has 10 heteroatoms. The van der Waals surface area contributed by atoms with Gasteiger partial charge in [-0.25, -0.2) is 9.59 Å². The Balaban J connectivity index is 2.51. The number of carbonyl (C=O) groups is 5. The number of ether oxygens (including phenoxy) is 1. The fraction of sp³-hybridized carbons (Fsp3) is 0.500. The minimum absolute atomic E-state index is 0.0247. The van der Waals surface area contributed by atoms with Gasteiger partial charge >= 0.3 is 12.1 Å². The standard InChI is InChI=1S/C22H28INO8/c1-14(26)5-11-18(21(29)30)24-22(31)32-20(19(28)13-25)12-10-17(27)4-2-3-15-6-8-16(23)9-7-15/h6-9,18,20,25H,2-5,10-13H2,1H3,(H,24,31)(H,29,30)/t18-,20-/m0/s1/i23-4. The number of hydrogen-bond acceptors (Lipinski definition) is 7. The molecule has 0 unspecified atom stereocenters.